The van der Waals surface area contributed by atoms with Crippen LogP contribution in [0.5, 0.6) is 0 Å². The minimum Gasteiger partial charge on any atom is -1.00 e. The standard InChI is InChI=1S/C12H27N.C2H4O2.Na.H/c1-2-3-4-5-6-7-8-9-10-11-12-13;1-2(3)4;;/h2-13H2,1H3;1H3,(H,3,4);;/q;;+1;-1. The van der Waals surface area contributed by atoms with Crippen molar-refractivity contribution in [3.8, 4) is 0 Å². The smallest absolute Gasteiger partial charge is 1.00 e. The average molecular weight is 269 g/mol. The van der Waals surface area contributed by atoms with Gasteiger partial charge in [0.25, 0.3) is 5.97 Å². The average Bonchev–Trinajstić information content (AvgIpc) is 2.26. The Morgan fingerprint density at radius 1 is 0.944 bits per heavy atom. The molecule has 0 fully saturated rings. The molecule has 0 aliphatic rings. The molecule has 0 spiro atoms. The van der Waals surface area contributed by atoms with Crippen molar-refractivity contribution >= 4 is 5.97 Å². The fourth-order valence-corrected chi connectivity index (χ4v) is 1.63. The summed E-state index contributed by atoms with van der Waals surface area (Å²) in [4.78, 5) is 9.00. The first-order valence-corrected chi connectivity index (χ1v) is 7.04. The minimum absolute atomic E-state index is 0. The van der Waals surface area contributed by atoms with E-state index in [4.69, 9.17) is 15.6 Å². The molecule has 0 amide bonds. The molecule has 3 nitrogen and oxygen atoms in total. The van der Waals surface area contributed by atoms with Crippen LogP contribution in [-0.2, 0) is 4.79 Å². The van der Waals surface area contributed by atoms with Crippen LogP contribution in [0.15, 0.2) is 0 Å². The summed E-state index contributed by atoms with van der Waals surface area (Å²) in [6.45, 7) is 4.23. The van der Waals surface area contributed by atoms with Gasteiger partial charge < -0.3 is 12.3 Å². The third kappa shape index (κ3) is 36.0. The quantitative estimate of drug-likeness (QED) is 0.461. The number of hydrogen-bond donors (Lipinski definition) is 2. The van der Waals surface area contributed by atoms with Gasteiger partial charge in [-0.05, 0) is 13.0 Å². The van der Waals surface area contributed by atoms with Gasteiger partial charge in [-0.1, -0.05) is 64.7 Å². The minimum atomic E-state index is -0.833. The summed E-state index contributed by atoms with van der Waals surface area (Å²) in [7, 11) is 0. The molecule has 4 heteroatoms. The number of aliphatic carboxylic acids is 1. The number of unbranched alkanes of at least 4 members (excludes halogenated alkanes) is 9. The van der Waals surface area contributed by atoms with Gasteiger partial charge in [-0.2, -0.15) is 0 Å². The van der Waals surface area contributed by atoms with Gasteiger partial charge in [0, 0.05) is 6.92 Å². The molecule has 106 valence electrons. The van der Waals surface area contributed by atoms with E-state index in [-0.39, 0.29) is 31.0 Å². The Labute approximate surface area is 137 Å². The third-order valence-corrected chi connectivity index (χ3v) is 2.56. The Bertz CT molecular complexity index is 146. The van der Waals surface area contributed by atoms with Gasteiger partial charge in [-0.3, -0.25) is 4.79 Å². The van der Waals surface area contributed by atoms with Crippen molar-refractivity contribution in [2.45, 2.75) is 78.1 Å². The summed E-state index contributed by atoms with van der Waals surface area (Å²) in [6.07, 6.45) is 13.9. The second-order valence-electron chi connectivity index (χ2n) is 4.49. The van der Waals surface area contributed by atoms with Crippen molar-refractivity contribution in [3.05, 3.63) is 0 Å². The summed E-state index contributed by atoms with van der Waals surface area (Å²) < 4.78 is 0. The van der Waals surface area contributed by atoms with Crippen molar-refractivity contribution in [3.63, 3.8) is 0 Å². The van der Waals surface area contributed by atoms with Crippen LogP contribution >= 0.6 is 0 Å². The molecule has 0 radical (unpaired) electrons. The summed E-state index contributed by atoms with van der Waals surface area (Å²) in [6, 6.07) is 0. The Kier molecular flexibility index (Phi) is 29.5. The maximum Gasteiger partial charge on any atom is 1.00 e. The maximum atomic E-state index is 9.00. The molecule has 0 aromatic carbocycles. The van der Waals surface area contributed by atoms with E-state index >= 15 is 0 Å². The van der Waals surface area contributed by atoms with Crippen molar-refractivity contribution in [2.75, 3.05) is 6.54 Å². The van der Waals surface area contributed by atoms with E-state index < -0.39 is 5.97 Å². The predicted octanol–water partition coefficient (Wildman–Crippen LogP) is 1.07. The molecule has 0 heterocycles. The number of nitrogens with two attached hydrogens (primary N) is 1. The van der Waals surface area contributed by atoms with Crippen LogP contribution in [0.2, 0.25) is 0 Å². The van der Waals surface area contributed by atoms with Crippen LogP contribution in [0.1, 0.15) is 79.5 Å². The zero-order valence-electron chi connectivity index (χ0n) is 13.7. The number of rotatable bonds is 10. The van der Waals surface area contributed by atoms with Crippen LogP contribution in [0.25, 0.3) is 0 Å². The van der Waals surface area contributed by atoms with Crippen LogP contribution in [0.3, 0.4) is 0 Å². The van der Waals surface area contributed by atoms with Crippen molar-refractivity contribution in [1.29, 1.82) is 0 Å². The third-order valence-electron chi connectivity index (χ3n) is 2.56. The molecule has 0 unspecified atom stereocenters. The summed E-state index contributed by atoms with van der Waals surface area (Å²) >= 11 is 0. The zero-order valence-corrected chi connectivity index (χ0v) is 14.7. The first-order valence-electron chi connectivity index (χ1n) is 7.04. The Hall–Kier alpha value is 0.430. The van der Waals surface area contributed by atoms with E-state index in [1.54, 1.807) is 0 Å². The molecule has 0 aromatic rings. The van der Waals surface area contributed by atoms with Crippen molar-refractivity contribution < 1.29 is 40.9 Å². The van der Waals surface area contributed by atoms with Gasteiger partial charge in [-0.25, -0.2) is 0 Å². The van der Waals surface area contributed by atoms with Crippen LogP contribution in [0.4, 0.5) is 0 Å². The van der Waals surface area contributed by atoms with E-state index in [0.29, 0.717) is 0 Å². The van der Waals surface area contributed by atoms with E-state index in [1.165, 1.54) is 64.2 Å². The van der Waals surface area contributed by atoms with Gasteiger partial charge in [0.2, 0.25) is 0 Å². The van der Waals surface area contributed by atoms with Gasteiger partial charge in [-0.15, -0.1) is 0 Å². The normalized spacial score (nSPS) is 9.06. The fraction of sp³-hybridized carbons (Fsp3) is 0.929. The number of carbonyl (C=O) groups is 1. The van der Waals surface area contributed by atoms with Gasteiger partial charge >= 0.3 is 29.6 Å². The van der Waals surface area contributed by atoms with Crippen molar-refractivity contribution in [1.82, 2.24) is 0 Å². The van der Waals surface area contributed by atoms with E-state index in [9.17, 15) is 0 Å². The Balaban J connectivity index is -0.000000165. The second kappa shape index (κ2) is 22.6. The zero-order chi connectivity index (χ0) is 13.4. The maximum absolute atomic E-state index is 9.00. The monoisotopic (exact) mass is 269 g/mol. The Morgan fingerprint density at radius 3 is 1.50 bits per heavy atom. The molecule has 0 saturated heterocycles. The predicted molar refractivity (Wildman–Crippen MR) is 75.3 cm³/mol. The molecule has 0 atom stereocenters. The summed E-state index contributed by atoms with van der Waals surface area (Å²) in [5.74, 6) is -0.833. The number of carboxylic acids is 1. The molecule has 0 aromatic heterocycles. The molecule has 0 saturated carbocycles. The number of carboxylic acid groups (broad SMARTS) is 1. The topological polar surface area (TPSA) is 63.3 Å². The summed E-state index contributed by atoms with van der Waals surface area (Å²) in [5, 5.41) is 7.42. The first-order chi connectivity index (χ1) is 8.15. The van der Waals surface area contributed by atoms with Crippen LogP contribution in [0, 0.1) is 0 Å². The SMILES string of the molecule is CC(=O)O.CCCCCCCCCCCCN.[H-].[Na+]. The van der Waals surface area contributed by atoms with Gasteiger partial charge in [0.05, 0.1) is 0 Å². The largest absolute Gasteiger partial charge is 1.00 e. The second-order valence-corrected chi connectivity index (χ2v) is 4.49. The van der Waals surface area contributed by atoms with Crippen molar-refractivity contribution in [2.24, 2.45) is 5.73 Å². The van der Waals surface area contributed by atoms with E-state index in [2.05, 4.69) is 6.92 Å². The van der Waals surface area contributed by atoms with Crippen LogP contribution < -0.4 is 35.3 Å². The molecule has 18 heavy (non-hydrogen) atoms. The Morgan fingerprint density at radius 2 is 1.22 bits per heavy atom. The fourth-order valence-electron chi connectivity index (χ4n) is 1.63. The van der Waals surface area contributed by atoms with E-state index in [0.717, 1.165) is 13.5 Å². The molecule has 0 aliphatic heterocycles. The molecule has 0 rings (SSSR count). The molecule has 0 aliphatic carbocycles. The molecule has 3 N–H and O–H groups in total. The molecular weight excluding hydrogens is 237 g/mol. The van der Waals surface area contributed by atoms with Gasteiger partial charge in [0.15, 0.2) is 0 Å². The molecule has 0 bridgehead atoms. The summed E-state index contributed by atoms with van der Waals surface area (Å²) in [5.41, 5.74) is 5.42. The number of hydrogen-bond acceptors (Lipinski definition) is 2. The van der Waals surface area contributed by atoms with Gasteiger partial charge in [0.1, 0.15) is 0 Å². The van der Waals surface area contributed by atoms with Crippen LogP contribution in [-0.4, -0.2) is 17.6 Å². The molecular formula is C14H32NNaO2. The first kappa shape index (κ1) is 23.5. The van der Waals surface area contributed by atoms with E-state index in [1.807, 2.05) is 0 Å².